The Bertz CT molecular complexity index is 295. The molecule has 0 fully saturated rings. The van der Waals surface area contributed by atoms with Crippen molar-refractivity contribution in [3.05, 3.63) is 24.4 Å². The number of alkyl carbamates (subject to hydrolysis) is 1. The zero-order valence-corrected chi connectivity index (χ0v) is 9.21. The van der Waals surface area contributed by atoms with Gasteiger partial charge in [-0.15, -0.1) is 0 Å². The molecule has 0 aromatic carbocycles. The number of carbonyl (C=O) groups excluding carboxylic acids is 1. The van der Waals surface area contributed by atoms with Gasteiger partial charge in [-0.3, -0.25) is 0 Å². The van der Waals surface area contributed by atoms with Gasteiger partial charge in [-0.1, -0.05) is 6.07 Å². The van der Waals surface area contributed by atoms with Crippen molar-refractivity contribution in [3.63, 3.8) is 0 Å². The lowest BCUT2D eigenvalue weighted by Gasteiger charge is -2.05. The van der Waals surface area contributed by atoms with Crippen LogP contribution in [0, 0.1) is 0 Å². The van der Waals surface area contributed by atoms with Gasteiger partial charge in [0.05, 0.1) is 12.5 Å². The van der Waals surface area contributed by atoms with Crippen LogP contribution in [-0.2, 0) is 4.74 Å². The number of aromatic nitrogens is 1. The van der Waals surface area contributed by atoms with Crippen LogP contribution in [0.25, 0.3) is 0 Å². The fourth-order valence-corrected chi connectivity index (χ4v) is 1.34. The monoisotopic (exact) mass is 227 g/mol. The minimum absolute atomic E-state index is 0.379. The average Bonchev–Trinajstić information content (AvgIpc) is 2.26. The molecule has 1 rings (SSSR count). The standard InChI is InChI=1S/C9H13N3O2S/c1-2-14-9(13)11-7-15-12-8-5-3-4-6-10-8/h3-6H,2,7H2,1H3,(H,10,12)(H,11,13). The van der Waals surface area contributed by atoms with Crippen molar-refractivity contribution in [2.24, 2.45) is 0 Å². The smallest absolute Gasteiger partial charge is 0.407 e. The van der Waals surface area contributed by atoms with Crippen LogP contribution in [-0.4, -0.2) is 23.6 Å². The number of amides is 1. The highest BCUT2D eigenvalue weighted by Gasteiger charge is 1.98. The lowest BCUT2D eigenvalue weighted by atomic mass is 10.5. The van der Waals surface area contributed by atoms with E-state index in [0.717, 1.165) is 5.82 Å². The molecule has 1 heterocycles. The van der Waals surface area contributed by atoms with E-state index in [1.54, 1.807) is 13.1 Å². The maximum Gasteiger partial charge on any atom is 0.407 e. The van der Waals surface area contributed by atoms with Crippen LogP contribution in [0.3, 0.4) is 0 Å². The van der Waals surface area contributed by atoms with Gasteiger partial charge in [0, 0.05) is 6.20 Å². The molecule has 6 heteroatoms. The highest BCUT2D eigenvalue weighted by Crippen LogP contribution is 2.06. The Labute approximate surface area is 92.7 Å². The van der Waals surface area contributed by atoms with Crippen LogP contribution in [0.4, 0.5) is 10.6 Å². The number of rotatable bonds is 5. The molecule has 0 spiro atoms. The van der Waals surface area contributed by atoms with Gasteiger partial charge >= 0.3 is 6.09 Å². The average molecular weight is 227 g/mol. The normalized spacial score (nSPS) is 9.40. The van der Waals surface area contributed by atoms with Crippen molar-refractivity contribution in [1.29, 1.82) is 0 Å². The molecule has 0 unspecified atom stereocenters. The predicted octanol–water partition coefficient (Wildman–Crippen LogP) is 1.85. The van der Waals surface area contributed by atoms with E-state index in [0.29, 0.717) is 12.5 Å². The minimum atomic E-state index is -0.409. The SMILES string of the molecule is CCOC(=O)NCSNc1ccccn1. The van der Waals surface area contributed by atoms with E-state index < -0.39 is 6.09 Å². The van der Waals surface area contributed by atoms with Crippen molar-refractivity contribution in [2.75, 3.05) is 17.2 Å². The summed E-state index contributed by atoms with van der Waals surface area (Å²) in [5, 5.41) is 2.57. The second-order valence-electron chi connectivity index (χ2n) is 2.50. The summed E-state index contributed by atoms with van der Waals surface area (Å²) >= 11 is 1.34. The van der Waals surface area contributed by atoms with Crippen LogP contribution < -0.4 is 10.0 Å². The Kier molecular flexibility index (Phi) is 5.39. The van der Waals surface area contributed by atoms with E-state index in [1.807, 2.05) is 18.2 Å². The van der Waals surface area contributed by atoms with Gasteiger partial charge < -0.3 is 14.8 Å². The number of anilines is 1. The van der Waals surface area contributed by atoms with E-state index in [4.69, 9.17) is 0 Å². The molecule has 1 aromatic rings. The van der Waals surface area contributed by atoms with Gasteiger partial charge in [0.1, 0.15) is 5.82 Å². The molecular formula is C9H13N3O2S. The summed E-state index contributed by atoms with van der Waals surface area (Å²) in [6.07, 6.45) is 1.29. The van der Waals surface area contributed by atoms with Gasteiger partial charge in [0.25, 0.3) is 0 Å². The molecule has 15 heavy (non-hydrogen) atoms. The highest BCUT2D eigenvalue weighted by atomic mass is 32.2. The third-order valence-corrected chi connectivity index (χ3v) is 2.05. The molecule has 0 atom stereocenters. The lowest BCUT2D eigenvalue weighted by molar-refractivity contribution is 0.154. The molecule has 0 radical (unpaired) electrons. The highest BCUT2D eigenvalue weighted by molar-refractivity contribution is 8.00. The summed E-state index contributed by atoms with van der Waals surface area (Å²) < 4.78 is 7.66. The summed E-state index contributed by atoms with van der Waals surface area (Å²) in [5.74, 6) is 1.18. The van der Waals surface area contributed by atoms with Gasteiger partial charge in [-0.05, 0) is 31.0 Å². The number of nitrogens with zero attached hydrogens (tertiary/aromatic N) is 1. The molecule has 0 aliphatic carbocycles. The van der Waals surface area contributed by atoms with Crippen LogP contribution in [0.1, 0.15) is 6.92 Å². The minimum Gasteiger partial charge on any atom is -0.450 e. The number of hydrogen-bond acceptors (Lipinski definition) is 5. The topological polar surface area (TPSA) is 63.2 Å². The zero-order chi connectivity index (χ0) is 10.9. The van der Waals surface area contributed by atoms with Gasteiger partial charge in [0.2, 0.25) is 0 Å². The first-order chi connectivity index (χ1) is 7.33. The van der Waals surface area contributed by atoms with Crippen molar-refractivity contribution in [2.45, 2.75) is 6.92 Å². The van der Waals surface area contributed by atoms with Crippen LogP contribution in [0.2, 0.25) is 0 Å². The number of hydrogen-bond donors (Lipinski definition) is 2. The van der Waals surface area contributed by atoms with E-state index in [2.05, 4.69) is 19.8 Å². The molecule has 1 amide bonds. The second-order valence-corrected chi connectivity index (χ2v) is 3.28. The van der Waals surface area contributed by atoms with Gasteiger partial charge in [-0.25, -0.2) is 9.78 Å². The molecule has 2 N–H and O–H groups in total. The van der Waals surface area contributed by atoms with E-state index in [1.165, 1.54) is 11.9 Å². The Balaban J connectivity index is 2.10. The van der Waals surface area contributed by atoms with Crippen molar-refractivity contribution < 1.29 is 9.53 Å². The van der Waals surface area contributed by atoms with Crippen LogP contribution in [0.15, 0.2) is 24.4 Å². The molecule has 0 saturated heterocycles. The molecular weight excluding hydrogens is 214 g/mol. The predicted molar refractivity (Wildman–Crippen MR) is 60.5 cm³/mol. The number of ether oxygens (including phenoxy) is 1. The molecule has 1 aromatic heterocycles. The molecule has 0 bridgehead atoms. The van der Waals surface area contributed by atoms with Gasteiger partial charge in [-0.2, -0.15) is 0 Å². The first-order valence-electron chi connectivity index (χ1n) is 4.52. The Morgan fingerprint density at radius 1 is 1.60 bits per heavy atom. The summed E-state index contributed by atoms with van der Waals surface area (Å²) in [6, 6.07) is 5.57. The number of carbonyl (C=O) groups is 1. The lowest BCUT2D eigenvalue weighted by Crippen LogP contribution is -2.24. The summed E-state index contributed by atoms with van der Waals surface area (Å²) in [5.41, 5.74) is 0. The maximum absolute atomic E-state index is 10.9. The summed E-state index contributed by atoms with van der Waals surface area (Å²) in [4.78, 5) is 14.9. The van der Waals surface area contributed by atoms with Gasteiger partial charge in [0.15, 0.2) is 0 Å². The summed E-state index contributed by atoms with van der Waals surface area (Å²) in [6.45, 7) is 2.14. The largest absolute Gasteiger partial charge is 0.450 e. The maximum atomic E-state index is 10.9. The van der Waals surface area contributed by atoms with E-state index >= 15 is 0 Å². The molecule has 0 saturated carbocycles. The zero-order valence-electron chi connectivity index (χ0n) is 8.40. The summed E-state index contributed by atoms with van der Waals surface area (Å²) in [7, 11) is 0. The molecule has 0 aliphatic rings. The fourth-order valence-electron chi connectivity index (χ4n) is 0.810. The molecule has 5 nitrogen and oxygen atoms in total. The number of nitrogens with one attached hydrogen (secondary N) is 2. The Hall–Kier alpha value is -1.43. The Morgan fingerprint density at radius 2 is 2.47 bits per heavy atom. The third-order valence-electron chi connectivity index (χ3n) is 1.41. The first kappa shape index (κ1) is 11.6. The number of pyridine rings is 1. The quantitative estimate of drug-likeness (QED) is 0.456. The van der Waals surface area contributed by atoms with E-state index in [9.17, 15) is 4.79 Å². The van der Waals surface area contributed by atoms with Crippen molar-refractivity contribution >= 4 is 23.9 Å². The molecule has 0 aliphatic heterocycles. The van der Waals surface area contributed by atoms with Crippen LogP contribution in [0.5, 0.6) is 0 Å². The third kappa shape index (κ3) is 5.11. The fraction of sp³-hybridized carbons (Fsp3) is 0.333. The Morgan fingerprint density at radius 3 is 3.13 bits per heavy atom. The second kappa shape index (κ2) is 6.94. The van der Waals surface area contributed by atoms with Crippen LogP contribution >= 0.6 is 11.9 Å². The van der Waals surface area contributed by atoms with E-state index in [-0.39, 0.29) is 0 Å². The first-order valence-corrected chi connectivity index (χ1v) is 5.51. The van der Waals surface area contributed by atoms with Crippen molar-refractivity contribution in [3.8, 4) is 0 Å². The van der Waals surface area contributed by atoms with Crippen molar-refractivity contribution in [1.82, 2.24) is 10.3 Å². The molecule has 82 valence electrons.